The third-order valence-corrected chi connectivity index (χ3v) is 4.02. The maximum Gasteiger partial charge on any atom is 0.379 e. The van der Waals surface area contributed by atoms with E-state index in [0.29, 0.717) is 11.3 Å². The van der Waals surface area contributed by atoms with E-state index in [9.17, 15) is 14.4 Å². The lowest BCUT2D eigenvalue weighted by Crippen LogP contribution is -2.32. The molecule has 8 nitrogen and oxygen atoms in total. The van der Waals surface area contributed by atoms with Crippen LogP contribution in [0, 0.1) is 13.8 Å². The van der Waals surface area contributed by atoms with Crippen LogP contribution in [0.4, 0.5) is 5.69 Å². The van der Waals surface area contributed by atoms with Crippen LogP contribution in [-0.2, 0) is 9.59 Å². The van der Waals surface area contributed by atoms with Crippen LogP contribution < -0.4 is 15.5 Å². The Labute approximate surface area is 172 Å². The Hall–Kier alpha value is -4.20. The molecule has 1 aromatic heterocycles. The zero-order valence-electron chi connectivity index (χ0n) is 16.3. The molecule has 30 heavy (non-hydrogen) atoms. The summed E-state index contributed by atoms with van der Waals surface area (Å²) in [4.78, 5) is 35.9. The highest BCUT2D eigenvalue weighted by molar-refractivity contribution is 6.39. The van der Waals surface area contributed by atoms with Crippen LogP contribution in [0.2, 0.25) is 0 Å². The highest BCUT2D eigenvalue weighted by atomic mass is 16.5. The summed E-state index contributed by atoms with van der Waals surface area (Å²) in [7, 11) is 0. The van der Waals surface area contributed by atoms with Crippen LogP contribution in [0.3, 0.4) is 0 Å². The van der Waals surface area contributed by atoms with E-state index in [1.165, 1.54) is 18.5 Å². The first-order chi connectivity index (χ1) is 14.4. The quantitative estimate of drug-likeness (QED) is 0.223. The number of esters is 1. The summed E-state index contributed by atoms with van der Waals surface area (Å²) in [5.74, 6) is -2.02. The molecule has 0 aliphatic heterocycles. The van der Waals surface area contributed by atoms with Gasteiger partial charge in [0.05, 0.1) is 12.5 Å². The second kappa shape index (κ2) is 9.33. The van der Waals surface area contributed by atoms with Gasteiger partial charge in [-0.3, -0.25) is 9.59 Å². The lowest BCUT2D eigenvalue weighted by atomic mass is 10.1. The summed E-state index contributed by atoms with van der Waals surface area (Å²) in [6.07, 6.45) is 2.70. The van der Waals surface area contributed by atoms with E-state index in [-0.39, 0.29) is 11.5 Å². The van der Waals surface area contributed by atoms with Gasteiger partial charge >= 0.3 is 17.8 Å². The number of furan rings is 1. The van der Waals surface area contributed by atoms with Gasteiger partial charge in [-0.2, -0.15) is 5.10 Å². The van der Waals surface area contributed by atoms with Gasteiger partial charge in [0, 0.05) is 5.69 Å². The fourth-order valence-electron chi connectivity index (χ4n) is 2.48. The second-order valence-electron chi connectivity index (χ2n) is 6.41. The number of rotatable bonds is 5. The number of amides is 2. The number of anilines is 1. The first-order valence-electron chi connectivity index (χ1n) is 9.00. The molecule has 3 aromatic rings. The molecule has 0 aliphatic rings. The van der Waals surface area contributed by atoms with E-state index in [0.717, 1.165) is 11.1 Å². The van der Waals surface area contributed by atoms with Crippen molar-refractivity contribution in [2.24, 2.45) is 5.10 Å². The Morgan fingerprint density at radius 3 is 2.60 bits per heavy atom. The van der Waals surface area contributed by atoms with Crippen molar-refractivity contribution in [1.29, 1.82) is 0 Å². The fourth-order valence-corrected chi connectivity index (χ4v) is 2.48. The number of hydrogen-bond donors (Lipinski definition) is 2. The molecular formula is C22H19N3O5. The molecule has 0 bridgehead atoms. The standard InChI is InChI=1S/C22H19N3O5/c1-14-8-9-15(2)18(11-14)24-20(26)21(27)25-23-13-16-5-3-6-17(12-16)30-22(28)19-7-4-10-29-19/h3-13H,1-2H3,(H,24,26)(H,25,27). The molecule has 0 aliphatic carbocycles. The van der Waals surface area contributed by atoms with E-state index >= 15 is 0 Å². The van der Waals surface area contributed by atoms with Crippen molar-refractivity contribution >= 4 is 29.7 Å². The maximum absolute atomic E-state index is 12.0. The van der Waals surface area contributed by atoms with Crippen LogP contribution in [0.15, 0.2) is 70.4 Å². The molecule has 2 N–H and O–H groups in total. The van der Waals surface area contributed by atoms with Crippen molar-refractivity contribution in [1.82, 2.24) is 5.43 Å². The van der Waals surface area contributed by atoms with E-state index < -0.39 is 17.8 Å². The predicted octanol–water partition coefficient (Wildman–Crippen LogP) is 3.20. The van der Waals surface area contributed by atoms with Crippen LogP contribution in [0.25, 0.3) is 0 Å². The summed E-state index contributed by atoms with van der Waals surface area (Å²) in [6, 6.07) is 15.1. The first kappa shape index (κ1) is 20.5. The Morgan fingerprint density at radius 2 is 1.83 bits per heavy atom. The Bertz CT molecular complexity index is 1100. The maximum atomic E-state index is 12.0. The van der Waals surface area contributed by atoms with E-state index in [1.54, 1.807) is 36.4 Å². The van der Waals surface area contributed by atoms with Crippen molar-refractivity contribution in [3.05, 3.63) is 83.3 Å². The van der Waals surface area contributed by atoms with Crippen LogP contribution >= 0.6 is 0 Å². The van der Waals surface area contributed by atoms with Crippen LogP contribution in [0.1, 0.15) is 27.2 Å². The molecule has 0 saturated carbocycles. The fraction of sp³-hybridized carbons (Fsp3) is 0.0909. The SMILES string of the molecule is Cc1ccc(C)c(NC(=O)C(=O)NN=Cc2cccc(OC(=O)c3ccco3)c2)c1. The van der Waals surface area contributed by atoms with E-state index in [4.69, 9.17) is 9.15 Å². The largest absolute Gasteiger partial charge is 0.457 e. The predicted molar refractivity (Wildman–Crippen MR) is 110 cm³/mol. The van der Waals surface area contributed by atoms with E-state index in [2.05, 4.69) is 15.8 Å². The van der Waals surface area contributed by atoms with E-state index in [1.807, 2.05) is 26.0 Å². The summed E-state index contributed by atoms with van der Waals surface area (Å²) in [5, 5.41) is 6.32. The van der Waals surface area contributed by atoms with Gasteiger partial charge in [0.2, 0.25) is 5.76 Å². The van der Waals surface area contributed by atoms with Crippen molar-refractivity contribution in [2.45, 2.75) is 13.8 Å². The Kier molecular flexibility index (Phi) is 6.39. The highest BCUT2D eigenvalue weighted by Gasteiger charge is 2.14. The first-order valence-corrected chi connectivity index (χ1v) is 9.00. The average Bonchev–Trinajstić information content (AvgIpc) is 3.26. The molecule has 0 atom stereocenters. The van der Waals surface area contributed by atoms with Crippen molar-refractivity contribution < 1.29 is 23.5 Å². The van der Waals surface area contributed by atoms with Gasteiger partial charge in [0.25, 0.3) is 0 Å². The zero-order valence-corrected chi connectivity index (χ0v) is 16.3. The van der Waals surface area contributed by atoms with Crippen molar-refractivity contribution in [2.75, 3.05) is 5.32 Å². The topological polar surface area (TPSA) is 110 Å². The lowest BCUT2D eigenvalue weighted by molar-refractivity contribution is -0.136. The van der Waals surface area contributed by atoms with Crippen LogP contribution in [0.5, 0.6) is 5.75 Å². The summed E-state index contributed by atoms with van der Waals surface area (Å²) in [5.41, 5.74) is 5.07. The molecule has 1 heterocycles. The normalized spacial score (nSPS) is 10.6. The number of ether oxygens (including phenoxy) is 1. The summed E-state index contributed by atoms with van der Waals surface area (Å²) >= 11 is 0. The Morgan fingerprint density at radius 1 is 1.00 bits per heavy atom. The third-order valence-electron chi connectivity index (χ3n) is 4.02. The van der Waals surface area contributed by atoms with Gasteiger partial charge in [-0.1, -0.05) is 24.3 Å². The molecule has 0 fully saturated rings. The van der Waals surface area contributed by atoms with Crippen LogP contribution in [-0.4, -0.2) is 24.0 Å². The number of nitrogens with zero attached hydrogens (tertiary/aromatic N) is 1. The molecule has 3 rings (SSSR count). The number of carbonyl (C=O) groups is 3. The van der Waals surface area contributed by atoms with Gasteiger partial charge in [0.15, 0.2) is 0 Å². The highest BCUT2D eigenvalue weighted by Crippen LogP contribution is 2.16. The Balaban J connectivity index is 1.56. The minimum atomic E-state index is -0.910. The van der Waals surface area contributed by atoms with Gasteiger partial charge in [-0.05, 0) is 60.9 Å². The molecule has 152 valence electrons. The second-order valence-corrected chi connectivity index (χ2v) is 6.41. The monoisotopic (exact) mass is 405 g/mol. The number of hydrogen-bond acceptors (Lipinski definition) is 6. The zero-order chi connectivity index (χ0) is 21.5. The number of carbonyl (C=O) groups excluding carboxylic acids is 3. The van der Waals surface area contributed by atoms with Crippen molar-refractivity contribution in [3.63, 3.8) is 0 Å². The molecule has 0 radical (unpaired) electrons. The van der Waals surface area contributed by atoms with Gasteiger partial charge in [-0.15, -0.1) is 0 Å². The van der Waals surface area contributed by atoms with Crippen molar-refractivity contribution in [3.8, 4) is 5.75 Å². The van der Waals surface area contributed by atoms with Gasteiger partial charge < -0.3 is 14.5 Å². The molecule has 0 spiro atoms. The molecule has 0 unspecified atom stereocenters. The molecule has 2 amide bonds. The average molecular weight is 405 g/mol. The number of nitrogens with one attached hydrogen (secondary N) is 2. The lowest BCUT2D eigenvalue weighted by Gasteiger charge is -2.08. The molecular weight excluding hydrogens is 386 g/mol. The molecule has 8 heteroatoms. The minimum Gasteiger partial charge on any atom is -0.457 e. The van der Waals surface area contributed by atoms with Gasteiger partial charge in [0.1, 0.15) is 5.75 Å². The number of hydrazone groups is 1. The smallest absolute Gasteiger partial charge is 0.379 e. The summed E-state index contributed by atoms with van der Waals surface area (Å²) in [6.45, 7) is 3.72. The molecule has 2 aromatic carbocycles. The molecule has 0 saturated heterocycles. The number of aryl methyl sites for hydroxylation is 2. The van der Waals surface area contributed by atoms with Gasteiger partial charge in [-0.25, -0.2) is 10.2 Å². The summed E-state index contributed by atoms with van der Waals surface area (Å²) < 4.78 is 10.2. The third kappa shape index (κ3) is 5.41. The number of benzene rings is 2. The minimum absolute atomic E-state index is 0.0798.